The van der Waals surface area contributed by atoms with Gasteiger partial charge in [0.1, 0.15) is 10.7 Å². The Morgan fingerprint density at radius 2 is 2.16 bits per heavy atom. The lowest BCUT2D eigenvalue weighted by Gasteiger charge is -2.08. The van der Waals surface area contributed by atoms with Crippen LogP contribution in [0.15, 0.2) is 15.4 Å². The second kappa shape index (κ2) is 6.18. The fourth-order valence-corrected chi connectivity index (χ4v) is 2.58. The summed E-state index contributed by atoms with van der Waals surface area (Å²) < 4.78 is 36.2. The first-order valence-electron chi connectivity index (χ1n) is 5.69. The summed E-state index contributed by atoms with van der Waals surface area (Å²) in [6.07, 6.45) is 0.0128. The Labute approximate surface area is 111 Å². The molecule has 0 radical (unpaired) electrons. The fourth-order valence-electron chi connectivity index (χ4n) is 1.39. The van der Waals surface area contributed by atoms with Crippen LogP contribution in [0.4, 0.5) is 0 Å². The molecule has 8 heteroatoms. The molecule has 1 aromatic heterocycles. The fraction of sp³-hybridized carbons (Fsp3) is 0.545. The van der Waals surface area contributed by atoms with E-state index in [1.165, 1.54) is 6.92 Å². The molecule has 0 spiro atoms. The molecule has 0 atom stereocenters. The van der Waals surface area contributed by atoms with Crippen molar-refractivity contribution in [2.75, 3.05) is 13.2 Å². The van der Waals surface area contributed by atoms with Crippen LogP contribution >= 0.6 is 0 Å². The summed E-state index contributed by atoms with van der Waals surface area (Å²) in [5.74, 6) is -1.68. The number of hydrogen-bond acceptors (Lipinski definition) is 5. The molecule has 1 rings (SSSR count). The van der Waals surface area contributed by atoms with E-state index in [2.05, 4.69) is 4.72 Å². The predicted octanol–water partition coefficient (Wildman–Crippen LogP) is 0.990. The summed E-state index contributed by atoms with van der Waals surface area (Å²) in [7, 11) is -3.79. The summed E-state index contributed by atoms with van der Waals surface area (Å²) in [5, 5.41) is 8.73. The molecule has 0 saturated heterocycles. The topological polar surface area (TPSA) is 106 Å². The van der Waals surface area contributed by atoms with Gasteiger partial charge in [0.2, 0.25) is 15.8 Å². The zero-order chi connectivity index (χ0) is 14.6. The van der Waals surface area contributed by atoms with Crippen molar-refractivity contribution in [3.8, 4) is 0 Å². The lowest BCUT2D eigenvalue weighted by Crippen LogP contribution is -2.28. The quantitative estimate of drug-likeness (QED) is 0.726. The van der Waals surface area contributed by atoms with E-state index < -0.39 is 21.8 Å². The van der Waals surface area contributed by atoms with Gasteiger partial charge in [-0.15, -0.1) is 0 Å². The maximum atomic E-state index is 11.9. The van der Waals surface area contributed by atoms with Gasteiger partial charge in [-0.1, -0.05) is 0 Å². The number of nitrogens with one attached hydrogen (secondary N) is 1. The minimum absolute atomic E-state index is 0.0128. The van der Waals surface area contributed by atoms with Gasteiger partial charge >= 0.3 is 5.97 Å². The van der Waals surface area contributed by atoms with Crippen LogP contribution in [0.5, 0.6) is 0 Å². The molecule has 1 heterocycles. The molecule has 1 aromatic rings. The molecule has 0 aliphatic heterocycles. The Balaban J connectivity index is 2.75. The summed E-state index contributed by atoms with van der Waals surface area (Å²) in [6, 6.07) is 0.989. The van der Waals surface area contributed by atoms with Crippen LogP contribution in [-0.4, -0.2) is 38.7 Å². The largest absolute Gasteiger partial charge is 0.475 e. The summed E-state index contributed by atoms with van der Waals surface area (Å²) in [6.45, 7) is 5.42. The lowest BCUT2D eigenvalue weighted by molar-refractivity contribution is 0.0661. The van der Waals surface area contributed by atoms with Crippen molar-refractivity contribution >= 4 is 16.0 Å². The van der Waals surface area contributed by atoms with E-state index in [1.807, 2.05) is 13.8 Å². The van der Waals surface area contributed by atoms with Crippen LogP contribution in [0.1, 0.15) is 30.2 Å². The second-order valence-corrected chi connectivity index (χ2v) is 5.89. The van der Waals surface area contributed by atoms with E-state index in [0.29, 0.717) is 0 Å². The normalized spacial score (nSPS) is 12.0. The zero-order valence-corrected chi connectivity index (χ0v) is 11.8. The second-order valence-electron chi connectivity index (χ2n) is 4.15. The molecule has 0 fully saturated rings. The van der Waals surface area contributed by atoms with Crippen molar-refractivity contribution < 1.29 is 27.5 Å². The van der Waals surface area contributed by atoms with Crippen molar-refractivity contribution in [3.63, 3.8) is 0 Å². The van der Waals surface area contributed by atoms with Gasteiger partial charge in [-0.3, -0.25) is 0 Å². The van der Waals surface area contributed by atoms with Crippen molar-refractivity contribution in [2.45, 2.75) is 31.8 Å². The third-order valence-electron chi connectivity index (χ3n) is 2.22. The maximum Gasteiger partial charge on any atom is 0.371 e. The Morgan fingerprint density at radius 1 is 1.53 bits per heavy atom. The van der Waals surface area contributed by atoms with Crippen molar-refractivity contribution in [1.82, 2.24) is 4.72 Å². The molecule has 19 heavy (non-hydrogen) atoms. The molecule has 0 aromatic carbocycles. The summed E-state index contributed by atoms with van der Waals surface area (Å²) >= 11 is 0. The van der Waals surface area contributed by atoms with Gasteiger partial charge in [-0.05, 0) is 20.8 Å². The average molecular weight is 291 g/mol. The number of sulfonamides is 1. The van der Waals surface area contributed by atoms with Crippen molar-refractivity contribution in [3.05, 3.63) is 17.6 Å². The van der Waals surface area contributed by atoms with E-state index in [0.717, 1.165) is 6.07 Å². The Bertz CT molecular complexity index is 546. The van der Waals surface area contributed by atoms with Gasteiger partial charge in [-0.25, -0.2) is 17.9 Å². The number of carboxylic acid groups (broad SMARTS) is 1. The van der Waals surface area contributed by atoms with Crippen LogP contribution < -0.4 is 4.72 Å². The smallest absolute Gasteiger partial charge is 0.371 e. The van der Waals surface area contributed by atoms with Gasteiger partial charge in [0.05, 0.1) is 12.7 Å². The Kier molecular flexibility index (Phi) is 5.10. The van der Waals surface area contributed by atoms with Crippen LogP contribution in [0.25, 0.3) is 0 Å². The van der Waals surface area contributed by atoms with Gasteiger partial charge in [0.15, 0.2) is 0 Å². The third-order valence-corrected chi connectivity index (χ3v) is 3.79. The molecule has 0 unspecified atom stereocenters. The highest BCUT2D eigenvalue weighted by molar-refractivity contribution is 7.89. The van der Waals surface area contributed by atoms with Crippen LogP contribution in [0.3, 0.4) is 0 Å². The first kappa shape index (κ1) is 15.7. The zero-order valence-electron chi connectivity index (χ0n) is 11.0. The molecular formula is C11H17NO6S. The number of carbonyl (C=O) groups is 1. The number of carboxylic acids is 1. The number of ether oxygens (including phenoxy) is 1. The predicted molar refractivity (Wildman–Crippen MR) is 66.7 cm³/mol. The number of aryl methyl sites for hydroxylation is 1. The van der Waals surface area contributed by atoms with Gasteiger partial charge in [0, 0.05) is 12.6 Å². The highest BCUT2D eigenvalue weighted by Crippen LogP contribution is 2.19. The number of rotatable bonds is 7. The molecule has 108 valence electrons. The van der Waals surface area contributed by atoms with Gasteiger partial charge in [0.25, 0.3) is 0 Å². The van der Waals surface area contributed by atoms with E-state index in [4.69, 9.17) is 14.3 Å². The summed E-state index contributed by atoms with van der Waals surface area (Å²) in [4.78, 5) is 10.5. The third kappa shape index (κ3) is 4.34. The van der Waals surface area contributed by atoms with Crippen LogP contribution in [0.2, 0.25) is 0 Å². The minimum Gasteiger partial charge on any atom is -0.475 e. The van der Waals surface area contributed by atoms with Crippen LogP contribution in [-0.2, 0) is 14.8 Å². The molecular weight excluding hydrogens is 274 g/mol. The molecule has 2 N–H and O–H groups in total. The first-order chi connectivity index (χ1) is 8.74. The molecule has 0 saturated carbocycles. The van der Waals surface area contributed by atoms with Gasteiger partial charge < -0.3 is 14.3 Å². The van der Waals surface area contributed by atoms with Crippen molar-refractivity contribution in [1.29, 1.82) is 0 Å². The Hall–Kier alpha value is -1.38. The molecule has 0 bridgehead atoms. The number of hydrogen-bond donors (Lipinski definition) is 2. The highest BCUT2D eigenvalue weighted by atomic mass is 32.2. The molecule has 0 amide bonds. The highest BCUT2D eigenvalue weighted by Gasteiger charge is 2.23. The van der Waals surface area contributed by atoms with Gasteiger partial charge in [-0.2, -0.15) is 0 Å². The van der Waals surface area contributed by atoms with E-state index in [-0.39, 0.29) is 29.9 Å². The average Bonchev–Trinajstić information content (AvgIpc) is 2.67. The number of aromatic carboxylic acids is 1. The number of furan rings is 1. The van der Waals surface area contributed by atoms with E-state index in [1.54, 1.807) is 0 Å². The van der Waals surface area contributed by atoms with Crippen LogP contribution in [0, 0.1) is 6.92 Å². The first-order valence-corrected chi connectivity index (χ1v) is 7.17. The molecule has 7 nitrogen and oxygen atoms in total. The minimum atomic E-state index is -3.79. The molecule has 0 aliphatic carbocycles. The molecule has 0 aliphatic rings. The van der Waals surface area contributed by atoms with E-state index in [9.17, 15) is 13.2 Å². The van der Waals surface area contributed by atoms with Crippen molar-refractivity contribution in [2.24, 2.45) is 0 Å². The monoisotopic (exact) mass is 291 g/mol. The maximum absolute atomic E-state index is 11.9. The SMILES string of the molecule is Cc1oc(C(=O)O)cc1S(=O)(=O)NCCOC(C)C. The standard InChI is InChI=1S/C11H17NO6S/c1-7(2)17-5-4-12-19(15,16)10-6-9(11(13)14)18-8(10)3/h6-7,12H,4-5H2,1-3H3,(H,13,14). The summed E-state index contributed by atoms with van der Waals surface area (Å²) in [5.41, 5.74) is 0. The van der Waals surface area contributed by atoms with E-state index >= 15 is 0 Å². The lowest BCUT2D eigenvalue weighted by atomic mass is 10.4. The Morgan fingerprint density at radius 3 is 2.63 bits per heavy atom.